The van der Waals surface area contributed by atoms with E-state index in [1.54, 1.807) is 0 Å². The summed E-state index contributed by atoms with van der Waals surface area (Å²) in [6.45, 7) is 0.833. The van der Waals surface area contributed by atoms with Gasteiger partial charge in [0.2, 0.25) is 0 Å². The van der Waals surface area contributed by atoms with Crippen LogP contribution in [0.25, 0.3) is 33.2 Å². The molecule has 0 N–H and O–H groups in total. The zero-order valence-electron chi connectivity index (χ0n) is 18.8. The molecule has 0 amide bonds. The van der Waals surface area contributed by atoms with E-state index in [9.17, 15) is 0 Å². The predicted octanol–water partition coefficient (Wildman–Crippen LogP) is 6.51. The van der Waals surface area contributed by atoms with Crippen molar-refractivity contribution < 1.29 is 0 Å². The highest BCUT2D eigenvalue weighted by atomic mass is 15.4. The van der Waals surface area contributed by atoms with Crippen LogP contribution < -0.4 is 9.80 Å². The zero-order chi connectivity index (χ0) is 22.6. The maximum atomic E-state index is 4.44. The average Bonchev–Trinajstić information content (AvgIpc) is 3.61. The molecule has 1 aliphatic heterocycles. The Morgan fingerprint density at radius 3 is 2.32 bits per heavy atom. The first-order chi connectivity index (χ1) is 16.8. The summed E-state index contributed by atoms with van der Waals surface area (Å²) < 4.78 is 4.28. The molecule has 0 atom stereocenters. The fourth-order valence-electron chi connectivity index (χ4n) is 5.20. The van der Waals surface area contributed by atoms with Gasteiger partial charge in [-0.25, -0.2) is 4.68 Å². The smallest absolute Gasteiger partial charge is 0.0950 e. The number of aromatic nitrogens is 3. The van der Waals surface area contributed by atoms with Crippen LogP contribution >= 0.6 is 0 Å². The summed E-state index contributed by atoms with van der Waals surface area (Å²) in [6, 6.07) is 34.6. The van der Waals surface area contributed by atoms with Crippen LogP contribution in [0.2, 0.25) is 0 Å². The molecular formula is C29H23N5. The molecule has 2 aromatic heterocycles. The third-order valence-electron chi connectivity index (χ3n) is 6.76. The van der Waals surface area contributed by atoms with Crippen molar-refractivity contribution in [2.75, 3.05) is 23.5 Å². The minimum Gasteiger partial charge on any atom is -0.355 e. The Bertz CT molecular complexity index is 1660. The SMILES string of the molecule is CN1CN(c2cccc(-n3c4ccccc4c4ccc(-n5cccn5)cc43)c2)c2ccccc21. The highest BCUT2D eigenvalue weighted by Crippen LogP contribution is 2.40. The van der Waals surface area contributed by atoms with E-state index in [0.29, 0.717) is 0 Å². The van der Waals surface area contributed by atoms with E-state index in [2.05, 4.69) is 118 Å². The summed E-state index contributed by atoms with van der Waals surface area (Å²) in [6.07, 6.45) is 3.80. The average molecular weight is 442 g/mol. The summed E-state index contributed by atoms with van der Waals surface area (Å²) in [4.78, 5) is 4.67. The standard InChI is InChI=1S/C29H23N5/c1-31-20-32(28-13-5-4-12-27(28)31)21-8-6-9-23(18-21)34-26-11-3-2-10-24(26)25-15-14-22(19-29(25)34)33-17-7-16-30-33/h2-19H,20H2,1H3. The van der Waals surface area contributed by atoms with Crippen LogP contribution in [-0.2, 0) is 0 Å². The zero-order valence-corrected chi connectivity index (χ0v) is 18.8. The molecule has 5 nitrogen and oxygen atoms in total. The fraction of sp³-hybridized carbons (Fsp3) is 0.0690. The number of hydrogen-bond donors (Lipinski definition) is 0. The molecule has 0 aliphatic carbocycles. The molecule has 0 saturated heterocycles. The van der Waals surface area contributed by atoms with Gasteiger partial charge in [0, 0.05) is 41.6 Å². The number of rotatable bonds is 3. The Hall–Kier alpha value is -4.51. The topological polar surface area (TPSA) is 29.2 Å². The normalized spacial score (nSPS) is 13.2. The Morgan fingerprint density at radius 1 is 0.647 bits per heavy atom. The first kappa shape index (κ1) is 19.0. The number of benzene rings is 4. The molecule has 0 unspecified atom stereocenters. The quantitative estimate of drug-likeness (QED) is 0.313. The Kier molecular flexibility index (Phi) is 4.05. The third-order valence-corrected chi connectivity index (χ3v) is 6.76. The minimum absolute atomic E-state index is 0.833. The Morgan fingerprint density at radius 2 is 1.44 bits per heavy atom. The van der Waals surface area contributed by atoms with Gasteiger partial charge in [-0.15, -0.1) is 0 Å². The Balaban J connectivity index is 1.44. The number of anilines is 3. The van der Waals surface area contributed by atoms with Crippen LogP contribution in [0.5, 0.6) is 0 Å². The summed E-state index contributed by atoms with van der Waals surface area (Å²) in [7, 11) is 2.15. The van der Waals surface area contributed by atoms with Crippen LogP contribution in [-0.4, -0.2) is 28.1 Å². The van der Waals surface area contributed by atoms with Crippen LogP contribution in [0.15, 0.2) is 109 Å². The van der Waals surface area contributed by atoms with Gasteiger partial charge in [-0.3, -0.25) is 0 Å². The summed E-state index contributed by atoms with van der Waals surface area (Å²) in [5.74, 6) is 0. The molecule has 1 aliphatic rings. The molecule has 3 heterocycles. The molecule has 5 heteroatoms. The van der Waals surface area contributed by atoms with Gasteiger partial charge in [0.1, 0.15) is 0 Å². The maximum absolute atomic E-state index is 4.44. The van der Waals surface area contributed by atoms with Gasteiger partial charge >= 0.3 is 0 Å². The molecule has 4 aromatic carbocycles. The van der Waals surface area contributed by atoms with E-state index in [-0.39, 0.29) is 0 Å². The molecule has 164 valence electrons. The van der Waals surface area contributed by atoms with Crippen molar-refractivity contribution in [2.45, 2.75) is 0 Å². The predicted molar refractivity (Wildman–Crippen MR) is 140 cm³/mol. The largest absolute Gasteiger partial charge is 0.355 e. The van der Waals surface area contributed by atoms with Gasteiger partial charge in [0.25, 0.3) is 0 Å². The van der Waals surface area contributed by atoms with Gasteiger partial charge in [-0.2, -0.15) is 5.10 Å². The van der Waals surface area contributed by atoms with Crippen LogP contribution in [0.4, 0.5) is 17.1 Å². The number of nitrogens with zero attached hydrogens (tertiary/aromatic N) is 5. The van der Waals surface area contributed by atoms with Crippen molar-refractivity contribution in [3.8, 4) is 11.4 Å². The second-order valence-electron chi connectivity index (χ2n) is 8.78. The van der Waals surface area contributed by atoms with Crippen molar-refractivity contribution in [3.05, 3.63) is 109 Å². The van der Waals surface area contributed by atoms with E-state index >= 15 is 0 Å². The highest BCUT2D eigenvalue weighted by molar-refractivity contribution is 6.09. The number of fused-ring (bicyclic) bond motifs is 4. The van der Waals surface area contributed by atoms with Gasteiger partial charge in [0.05, 0.1) is 34.8 Å². The molecular weight excluding hydrogens is 418 g/mol. The van der Waals surface area contributed by atoms with E-state index in [1.807, 2.05) is 23.1 Å². The van der Waals surface area contributed by atoms with Crippen LogP contribution in [0, 0.1) is 0 Å². The number of hydrogen-bond acceptors (Lipinski definition) is 3. The lowest BCUT2D eigenvalue weighted by Crippen LogP contribution is -2.24. The molecule has 6 aromatic rings. The summed E-state index contributed by atoms with van der Waals surface area (Å²) in [5.41, 5.74) is 8.25. The van der Waals surface area contributed by atoms with Crippen molar-refractivity contribution in [3.63, 3.8) is 0 Å². The second kappa shape index (κ2) is 7.25. The molecule has 0 saturated carbocycles. The van der Waals surface area contributed by atoms with Crippen LogP contribution in [0.3, 0.4) is 0 Å². The molecule has 34 heavy (non-hydrogen) atoms. The molecule has 0 spiro atoms. The van der Waals surface area contributed by atoms with Crippen molar-refractivity contribution >= 4 is 38.9 Å². The highest BCUT2D eigenvalue weighted by Gasteiger charge is 2.24. The van der Waals surface area contributed by atoms with Crippen molar-refractivity contribution in [1.82, 2.24) is 14.3 Å². The van der Waals surface area contributed by atoms with Crippen molar-refractivity contribution in [1.29, 1.82) is 0 Å². The summed E-state index contributed by atoms with van der Waals surface area (Å²) >= 11 is 0. The van der Waals surface area contributed by atoms with Gasteiger partial charge in [0.15, 0.2) is 0 Å². The third kappa shape index (κ3) is 2.77. The molecule has 7 rings (SSSR count). The van der Waals surface area contributed by atoms with Gasteiger partial charge in [-0.1, -0.05) is 42.5 Å². The molecule has 0 bridgehead atoms. The minimum atomic E-state index is 0.833. The monoisotopic (exact) mass is 441 g/mol. The second-order valence-corrected chi connectivity index (χ2v) is 8.78. The van der Waals surface area contributed by atoms with E-state index in [0.717, 1.165) is 18.0 Å². The van der Waals surface area contributed by atoms with Gasteiger partial charge in [-0.05, 0) is 54.6 Å². The van der Waals surface area contributed by atoms with Gasteiger partial charge < -0.3 is 14.4 Å². The van der Waals surface area contributed by atoms with E-state index in [1.165, 1.54) is 38.9 Å². The first-order valence-electron chi connectivity index (χ1n) is 11.5. The number of para-hydroxylation sites is 3. The Labute approximate surface area is 197 Å². The maximum Gasteiger partial charge on any atom is 0.0950 e. The lowest BCUT2D eigenvalue weighted by atomic mass is 10.1. The lowest BCUT2D eigenvalue weighted by Gasteiger charge is -2.21. The molecule has 0 fully saturated rings. The summed E-state index contributed by atoms with van der Waals surface area (Å²) in [5, 5.41) is 6.93. The fourth-order valence-corrected chi connectivity index (χ4v) is 5.20. The van der Waals surface area contributed by atoms with E-state index in [4.69, 9.17) is 0 Å². The van der Waals surface area contributed by atoms with Crippen molar-refractivity contribution in [2.24, 2.45) is 0 Å². The first-order valence-corrected chi connectivity index (χ1v) is 11.5. The lowest BCUT2D eigenvalue weighted by molar-refractivity contribution is 0.881. The van der Waals surface area contributed by atoms with E-state index < -0.39 is 0 Å². The molecule has 0 radical (unpaired) electrons. The van der Waals surface area contributed by atoms with Crippen LogP contribution in [0.1, 0.15) is 0 Å².